The highest BCUT2D eigenvalue weighted by Crippen LogP contribution is 2.14. The Morgan fingerprint density at radius 1 is 1.80 bits per heavy atom. The zero-order chi connectivity index (χ0) is 7.56. The Hall–Kier alpha value is -1.12. The van der Waals surface area contributed by atoms with Crippen molar-refractivity contribution in [3.63, 3.8) is 0 Å². The fourth-order valence-corrected chi connectivity index (χ4v) is 0.895. The Labute approximate surface area is 59.1 Å². The van der Waals surface area contributed by atoms with Gasteiger partial charge in [-0.15, -0.1) is 0 Å². The van der Waals surface area contributed by atoms with Crippen molar-refractivity contribution < 1.29 is 9.90 Å². The molecule has 0 unspecified atom stereocenters. The first kappa shape index (κ1) is 6.99. The molecule has 0 spiro atoms. The van der Waals surface area contributed by atoms with Crippen molar-refractivity contribution >= 4 is 12.1 Å². The van der Waals surface area contributed by atoms with Crippen LogP contribution in [0.25, 0.3) is 0 Å². The van der Waals surface area contributed by atoms with Gasteiger partial charge in [-0.05, 0) is 6.42 Å². The van der Waals surface area contributed by atoms with E-state index >= 15 is 0 Å². The predicted molar refractivity (Wildman–Crippen MR) is 38.1 cm³/mol. The van der Waals surface area contributed by atoms with Crippen molar-refractivity contribution in [2.75, 3.05) is 0 Å². The third-order valence-corrected chi connectivity index (χ3v) is 1.45. The lowest BCUT2D eigenvalue weighted by molar-refractivity contribution is -0.114. The average Bonchev–Trinajstić information content (AvgIpc) is 1.88. The zero-order valence-corrected chi connectivity index (χ0v) is 5.79. The van der Waals surface area contributed by atoms with E-state index in [0.29, 0.717) is 18.4 Å². The molecule has 0 atom stereocenters. The first-order valence-corrected chi connectivity index (χ1v) is 3.23. The first-order chi connectivity index (χ1) is 4.75. The summed E-state index contributed by atoms with van der Waals surface area (Å²) in [5.41, 5.74) is 0.447. The fourth-order valence-electron chi connectivity index (χ4n) is 0.895. The van der Waals surface area contributed by atoms with E-state index in [1.807, 2.05) is 6.92 Å². The first-order valence-electron chi connectivity index (χ1n) is 3.23. The molecule has 1 amide bonds. The Bertz CT molecular complexity index is 216. The van der Waals surface area contributed by atoms with E-state index in [0.717, 1.165) is 0 Å². The van der Waals surface area contributed by atoms with Gasteiger partial charge in [-0.25, -0.2) is 4.99 Å². The summed E-state index contributed by atoms with van der Waals surface area (Å²) in [5.74, 6) is -0.131. The molecule has 0 aromatic rings. The molecule has 1 N–H and O–H groups in total. The summed E-state index contributed by atoms with van der Waals surface area (Å²) in [7, 11) is 0. The van der Waals surface area contributed by atoms with Gasteiger partial charge >= 0.3 is 0 Å². The van der Waals surface area contributed by atoms with Gasteiger partial charge in [-0.1, -0.05) is 6.92 Å². The summed E-state index contributed by atoms with van der Waals surface area (Å²) in [6.07, 6.45) is 2.38. The SMILES string of the molecule is CCC1=C(O)CC=NC1=O. The van der Waals surface area contributed by atoms with Gasteiger partial charge in [-0.2, -0.15) is 0 Å². The van der Waals surface area contributed by atoms with E-state index in [1.165, 1.54) is 6.21 Å². The molecule has 1 aliphatic rings. The lowest BCUT2D eigenvalue weighted by atomic mass is 10.1. The van der Waals surface area contributed by atoms with Gasteiger partial charge in [0, 0.05) is 12.6 Å². The molecule has 0 radical (unpaired) electrons. The van der Waals surface area contributed by atoms with Crippen LogP contribution in [0.4, 0.5) is 0 Å². The number of hydrogen-bond acceptors (Lipinski definition) is 2. The average molecular weight is 139 g/mol. The smallest absolute Gasteiger partial charge is 0.275 e. The second-order valence-electron chi connectivity index (χ2n) is 2.10. The fraction of sp³-hybridized carbons (Fsp3) is 0.429. The van der Waals surface area contributed by atoms with Crippen LogP contribution < -0.4 is 0 Å². The molecule has 1 aliphatic heterocycles. The molecule has 0 aliphatic carbocycles. The monoisotopic (exact) mass is 139 g/mol. The van der Waals surface area contributed by atoms with E-state index in [4.69, 9.17) is 5.11 Å². The summed E-state index contributed by atoms with van der Waals surface area (Å²) in [6, 6.07) is 0. The van der Waals surface area contributed by atoms with Crippen LogP contribution in [0.15, 0.2) is 16.3 Å². The molecule has 1 rings (SSSR count). The largest absolute Gasteiger partial charge is 0.511 e. The third-order valence-electron chi connectivity index (χ3n) is 1.45. The van der Waals surface area contributed by atoms with Gasteiger partial charge in [0.25, 0.3) is 5.91 Å². The number of aliphatic hydroxyl groups excluding tert-OH is 1. The summed E-state index contributed by atoms with van der Waals surface area (Å²) in [4.78, 5) is 14.4. The number of amides is 1. The van der Waals surface area contributed by atoms with E-state index in [1.54, 1.807) is 0 Å². The molecule has 3 heteroatoms. The number of allylic oxidation sites excluding steroid dienone is 1. The molecule has 0 saturated heterocycles. The van der Waals surface area contributed by atoms with Gasteiger partial charge in [0.15, 0.2) is 0 Å². The number of dihydropyridines is 1. The highest BCUT2D eigenvalue weighted by atomic mass is 16.3. The second kappa shape index (κ2) is 2.64. The molecule has 10 heavy (non-hydrogen) atoms. The van der Waals surface area contributed by atoms with Crippen LogP contribution in [0.1, 0.15) is 19.8 Å². The van der Waals surface area contributed by atoms with Crippen LogP contribution in [0, 0.1) is 0 Å². The van der Waals surface area contributed by atoms with Crippen LogP contribution in [0.5, 0.6) is 0 Å². The van der Waals surface area contributed by atoms with E-state index in [2.05, 4.69) is 4.99 Å². The minimum absolute atomic E-state index is 0.169. The van der Waals surface area contributed by atoms with Crippen molar-refractivity contribution in [2.45, 2.75) is 19.8 Å². The van der Waals surface area contributed by atoms with E-state index < -0.39 is 0 Å². The number of carbonyl (C=O) groups excluding carboxylic acids is 1. The standard InChI is InChI=1S/C7H9NO2/c1-2-5-6(9)3-4-8-7(5)10/h4,9H,2-3H2,1H3. The summed E-state index contributed by atoms with van der Waals surface area (Å²) in [5, 5.41) is 9.11. The van der Waals surface area contributed by atoms with Crippen molar-refractivity contribution in [3.05, 3.63) is 11.3 Å². The van der Waals surface area contributed by atoms with Crippen LogP contribution in [-0.2, 0) is 4.79 Å². The molecule has 0 aromatic heterocycles. The normalized spacial score (nSPS) is 18.3. The summed E-state index contributed by atoms with van der Waals surface area (Å²) in [6.45, 7) is 1.82. The van der Waals surface area contributed by atoms with Crippen molar-refractivity contribution in [2.24, 2.45) is 4.99 Å². The molecule has 54 valence electrons. The predicted octanol–water partition coefficient (Wildman–Crippen LogP) is 1.21. The quantitative estimate of drug-likeness (QED) is 0.593. The van der Waals surface area contributed by atoms with E-state index in [9.17, 15) is 4.79 Å². The van der Waals surface area contributed by atoms with Crippen molar-refractivity contribution in [1.29, 1.82) is 0 Å². The molecule has 0 fully saturated rings. The van der Waals surface area contributed by atoms with Crippen LogP contribution in [0.2, 0.25) is 0 Å². The van der Waals surface area contributed by atoms with E-state index in [-0.39, 0.29) is 11.7 Å². The molecule has 0 aromatic carbocycles. The highest BCUT2D eigenvalue weighted by molar-refractivity contribution is 6.01. The summed E-state index contributed by atoms with van der Waals surface area (Å²) < 4.78 is 0. The molecular weight excluding hydrogens is 130 g/mol. The Balaban J connectivity index is 2.89. The second-order valence-corrected chi connectivity index (χ2v) is 2.10. The Kier molecular flexibility index (Phi) is 1.85. The number of aliphatic imine (C=N–C) groups is 1. The van der Waals surface area contributed by atoms with Gasteiger partial charge in [0.05, 0.1) is 5.57 Å². The van der Waals surface area contributed by atoms with Crippen LogP contribution >= 0.6 is 0 Å². The van der Waals surface area contributed by atoms with Crippen molar-refractivity contribution in [3.8, 4) is 0 Å². The van der Waals surface area contributed by atoms with Gasteiger partial charge in [0.1, 0.15) is 5.76 Å². The van der Waals surface area contributed by atoms with Crippen LogP contribution in [-0.4, -0.2) is 17.2 Å². The third kappa shape index (κ3) is 1.07. The van der Waals surface area contributed by atoms with Gasteiger partial charge in [-0.3, -0.25) is 4.79 Å². The minimum Gasteiger partial charge on any atom is -0.511 e. The maximum atomic E-state index is 10.8. The van der Waals surface area contributed by atoms with Crippen molar-refractivity contribution in [1.82, 2.24) is 0 Å². The maximum absolute atomic E-state index is 10.8. The molecule has 0 bridgehead atoms. The molecule has 0 saturated carbocycles. The maximum Gasteiger partial charge on any atom is 0.275 e. The number of rotatable bonds is 1. The lowest BCUT2D eigenvalue weighted by Gasteiger charge is -2.06. The van der Waals surface area contributed by atoms with Gasteiger partial charge in [0.2, 0.25) is 0 Å². The zero-order valence-electron chi connectivity index (χ0n) is 5.79. The summed E-state index contributed by atoms with van der Waals surface area (Å²) >= 11 is 0. The number of hydrogen-bond donors (Lipinski definition) is 1. The number of carbonyl (C=O) groups is 1. The lowest BCUT2D eigenvalue weighted by Crippen LogP contribution is -2.07. The number of nitrogens with zero attached hydrogens (tertiary/aromatic N) is 1. The van der Waals surface area contributed by atoms with Gasteiger partial charge < -0.3 is 5.11 Å². The van der Waals surface area contributed by atoms with Crippen LogP contribution in [0.3, 0.4) is 0 Å². The Morgan fingerprint density at radius 2 is 2.50 bits per heavy atom. The highest BCUT2D eigenvalue weighted by Gasteiger charge is 2.14. The number of aliphatic hydroxyl groups is 1. The molecule has 1 heterocycles. The Morgan fingerprint density at radius 3 is 2.90 bits per heavy atom. The molecular formula is C7H9NO2. The molecule has 3 nitrogen and oxygen atoms in total. The topological polar surface area (TPSA) is 49.7 Å². The minimum atomic E-state index is -0.300.